The van der Waals surface area contributed by atoms with Crippen molar-refractivity contribution in [3.8, 4) is 0 Å². The highest BCUT2D eigenvalue weighted by atomic mass is 28.4. The average Bonchev–Trinajstić information content (AvgIpc) is 3.01. The molecule has 1 rings (SSSR count). The zero-order chi connectivity index (χ0) is 32.5. The number of allylic oxidation sites excluding steroid dienone is 2. The molecule has 0 aromatic carbocycles. The highest BCUT2D eigenvalue weighted by Crippen LogP contribution is 2.19. The number of unbranched alkanes of at least 4 members (excludes halogenated alkanes) is 3. The molecular formula is C38H77NO5Si. The lowest BCUT2D eigenvalue weighted by Gasteiger charge is -2.29. The summed E-state index contributed by atoms with van der Waals surface area (Å²) >= 11 is 0. The third-order valence-electron chi connectivity index (χ3n) is 9.11. The lowest BCUT2D eigenvalue weighted by atomic mass is 10.0. The van der Waals surface area contributed by atoms with Crippen molar-refractivity contribution in [2.45, 2.75) is 186 Å². The molecule has 0 aromatic rings. The molecule has 1 aliphatic rings. The van der Waals surface area contributed by atoms with Crippen LogP contribution in [0.15, 0.2) is 12.2 Å². The summed E-state index contributed by atoms with van der Waals surface area (Å²) in [5.41, 5.74) is 0. The zero-order valence-electron chi connectivity index (χ0n) is 30.1. The summed E-state index contributed by atoms with van der Waals surface area (Å²) < 4.78 is 19.3. The van der Waals surface area contributed by atoms with Crippen LogP contribution < -0.4 is 0 Å². The number of nitrogens with zero attached hydrogens (tertiary/aromatic N) is 1. The average molecular weight is 656 g/mol. The molecule has 0 fully saturated rings. The fourth-order valence-corrected chi connectivity index (χ4v) is 7.82. The summed E-state index contributed by atoms with van der Waals surface area (Å²) in [6, 6.07) is 0. The number of ether oxygens (including phenoxy) is 1. The summed E-state index contributed by atoms with van der Waals surface area (Å²) in [4.78, 5) is 2.14. The molecule has 7 heteroatoms. The van der Waals surface area contributed by atoms with Gasteiger partial charge in [0.2, 0.25) is 0 Å². The van der Waals surface area contributed by atoms with Gasteiger partial charge in [-0.1, -0.05) is 121 Å². The summed E-state index contributed by atoms with van der Waals surface area (Å²) in [7, 11) is -2.24. The summed E-state index contributed by atoms with van der Waals surface area (Å²) in [6.07, 6.45) is 38.0. The molecular weight excluding hydrogens is 579 g/mol. The van der Waals surface area contributed by atoms with Gasteiger partial charge in [0.25, 0.3) is 0 Å². The Morgan fingerprint density at radius 3 is 1.60 bits per heavy atom. The summed E-state index contributed by atoms with van der Waals surface area (Å²) in [5.74, 6) is 0. The molecule has 45 heavy (non-hydrogen) atoms. The van der Waals surface area contributed by atoms with Crippen LogP contribution in [-0.4, -0.2) is 76.0 Å². The first-order valence-corrected chi connectivity index (χ1v) is 22.4. The molecule has 2 N–H and O–H groups in total. The molecule has 6 nitrogen and oxygen atoms in total. The Balaban J connectivity index is 2.42. The molecule has 268 valence electrons. The van der Waals surface area contributed by atoms with Gasteiger partial charge in [-0.2, -0.15) is 0 Å². The number of hydrogen-bond acceptors (Lipinski definition) is 6. The van der Waals surface area contributed by atoms with E-state index in [2.05, 4.69) is 30.1 Å². The van der Waals surface area contributed by atoms with Crippen LogP contribution in [0.5, 0.6) is 0 Å². The Morgan fingerprint density at radius 2 is 1.07 bits per heavy atom. The van der Waals surface area contributed by atoms with Crippen molar-refractivity contribution in [2.24, 2.45) is 0 Å². The van der Waals surface area contributed by atoms with E-state index >= 15 is 0 Å². The molecule has 1 aliphatic heterocycles. The Morgan fingerprint density at radius 1 is 0.600 bits per heavy atom. The van der Waals surface area contributed by atoms with Gasteiger partial charge in [-0.3, -0.25) is 4.90 Å². The van der Waals surface area contributed by atoms with Crippen LogP contribution in [0.4, 0.5) is 0 Å². The van der Waals surface area contributed by atoms with Gasteiger partial charge in [0.05, 0.1) is 13.2 Å². The minimum Gasteiger partial charge on any atom is -0.395 e. The number of aliphatic hydroxyl groups excluding tert-OH is 2. The maximum absolute atomic E-state index is 9.20. The second-order valence-electron chi connectivity index (χ2n) is 13.9. The van der Waals surface area contributed by atoms with Crippen molar-refractivity contribution in [3.05, 3.63) is 12.2 Å². The smallest absolute Gasteiger partial charge is 0.333 e. The molecule has 0 aromatic heterocycles. The fraction of sp³-hybridized carbons (Fsp3) is 0.947. The van der Waals surface area contributed by atoms with Crippen molar-refractivity contribution in [3.63, 3.8) is 0 Å². The van der Waals surface area contributed by atoms with Crippen LogP contribution >= 0.6 is 0 Å². The lowest BCUT2D eigenvalue weighted by molar-refractivity contribution is -0.104. The molecule has 1 heterocycles. The van der Waals surface area contributed by atoms with E-state index in [1.807, 2.05) is 0 Å². The Bertz CT molecular complexity index is 629. The molecule has 0 saturated heterocycles. The molecule has 0 amide bonds. The Hall–Kier alpha value is -0.283. The van der Waals surface area contributed by atoms with E-state index in [0.29, 0.717) is 13.1 Å². The van der Waals surface area contributed by atoms with Gasteiger partial charge in [0, 0.05) is 26.3 Å². The van der Waals surface area contributed by atoms with Crippen LogP contribution in [0.25, 0.3) is 0 Å². The first kappa shape index (κ1) is 42.7. The number of rotatable bonds is 12. The summed E-state index contributed by atoms with van der Waals surface area (Å²) in [6.45, 7) is 8.43. The van der Waals surface area contributed by atoms with Crippen LogP contribution in [0.1, 0.15) is 167 Å². The molecule has 0 spiro atoms. The van der Waals surface area contributed by atoms with E-state index in [1.165, 1.54) is 122 Å². The predicted molar refractivity (Wildman–Crippen MR) is 194 cm³/mol. The zero-order valence-corrected chi connectivity index (χ0v) is 31.1. The van der Waals surface area contributed by atoms with Crippen LogP contribution in [0, 0.1) is 0 Å². The monoisotopic (exact) mass is 656 g/mol. The van der Waals surface area contributed by atoms with Crippen molar-refractivity contribution < 1.29 is 23.8 Å². The van der Waals surface area contributed by atoms with Crippen molar-refractivity contribution >= 4 is 8.56 Å². The molecule has 0 radical (unpaired) electrons. The van der Waals surface area contributed by atoms with Crippen molar-refractivity contribution in [1.82, 2.24) is 4.90 Å². The second-order valence-corrected chi connectivity index (χ2v) is 17.2. The van der Waals surface area contributed by atoms with E-state index in [1.54, 1.807) is 0 Å². The van der Waals surface area contributed by atoms with Gasteiger partial charge in [0.15, 0.2) is 0 Å². The highest BCUT2D eigenvalue weighted by molar-refractivity contribution is 6.64. The normalized spacial score (nSPS) is 23.1. The van der Waals surface area contributed by atoms with E-state index in [-0.39, 0.29) is 19.5 Å². The quantitative estimate of drug-likeness (QED) is 0.124. The Kier molecular flexibility index (Phi) is 30.7. The topological polar surface area (TPSA) is 71.4 Å². The van der Waals surface area contributed by atoms with Gasteiger partial charge in [0.1, 0.15) is 6.29 Å². The van der Waals surface area contributed by atoms with E-state index < -0.39 is 8.56 Å². The highest BCUT2D eigenvalue weighted by Gasteiger charge is 2.29. The first-order valence-electron chi connectivity index (χ1n) is 19.6. The van der Waals surface area contributed by atoms with E-state index in [0.717, 1.165) is 64.7 Å². The van der Waals surface area contributed by atoms with Gasteiger partial charge >= 0.3 is 8.56 Å². The third kappa shape index (κ3) is 29.6. The van der Waals surface area contributed by atoms with E-state index in [9.17, 15) is 10.2 Å². The van der Waals surface area contributed by atoms with Gasteiger partial charge < -0.3 is 23.8 Å². The fourth-order valence-electron chi connectivity index (χ4n) is 6.29. The Labute approximate surface area is 281 Å². The van der Waals surface area contributed by atoms with E-state index in [4.69, 9.17) is 13.6 Å². The number of hydrogen-bond donors (Lipinski definition) is 2. The first-order chi connectivity index (χ1) is 22.1. The van der Waals surface area contributed by atoms with Crippen molar-refractivity contribution in [1.29, 1.82) is 0 Å². The third-order valence-corrected chi connectivity index (χ3v) is 10.8. The largest absolute Gasteiger partial charge is 0.395 e. The van der Waals surface area contributed by atoms with Crippen LogP contribution in [0.2, 0.25) is 13.1 Å². The molecule has 1 unspecified atom stereocenters. The van der Waals surface area contributed by atoms with Gasteiger partial charge in [-0.25, -0.2) is 0 Å². The minimum absolute atomic E-state index is 0.150. The maximum Gasteiger partial charge on any atom is 0.333 e. The van der Waals surface area contributed by atoms with Gasteiger partial charge in [-0.15, -0.1) is 0 Å². The van der Waals surface area contributed by atoms with Gasteiger partial charge in [-0.05, 0) is 77.4 Å². The second kappa shape index (κ2) is 32.3. The molecule has 1 atom stereocenters. The van der Waals surface area contributed by atoms with Crippen LogP contribution in [0.3, 0.4) is 0 Å². The number of aliphatic hydroxyl groups is 2. The maximum atomic E-state index is 9.20. The molecule has 0 saturated carbocycles. The van der Waals surface area contributed by atoms with Crippen molar-refractivity contribution in [2.75, 3.05) is 46.1 Å². The standard InChI is InChI=1S/C38H77NO5Si/c1-45(2)43-37-29-24-21-19-17-15-13-11-9-7-5-3-4-6-8-10-12-14-16-18-20-22-26-30-38(44-45)42-36-28-25-23-27-31-39(32-34-40)33-35-41/h3-4,38,40-41H,5-37H2,1-2H3/b4-3-. The lowest BCUT2D eigenvalue weighted by Crippen LogP contribution is -2.40. The minimum atomic E-state index is -2.24. The summed E-state index contributed by atoms with van der Waals surface area (Å²) in [5, 5.41) is 18.4. The molecule has 0 aliphatic carbocycles. The van der Waals surface area contributed by atoms with Crippen LogP contribution in [-0.2, 0) is 13.6 Å². The molecule has 0 bridgehead atoms. The SMILES string of the molecule is C[Si]1(C)OCCCCCCCCCCCC/C=C\CCCCCCCCCCCC(OCCCCCCN(CCO)CCO)O1. The predicted octanol–water partition coefficient (Wildman–Crippen LogP) is 10.1.